The lowest BCUT2D eigenvalue weighted by Crippen LogP contribution is -2.44. The van der Waals surface area contributed by atoms with Crippen molar-refractivity contribution in [2.45, 2.75) is 65.0 Å². The monoisotopic (exact) mass is 327 g/mol. The van der Waals surface area contributed by atoms with E-state index in [-0.39, 0.29) is 6.42 Å². The molecule has 1 unspecified atom stereocenters. The highest BCUT2D eigenvalue weighted by Crippen LogP contribution is 2.20. The molecule has 0 fully saturated rings. The Morgan fingerprint density at radius 1 is 1.32 bits per heavy atom. The molecule has 6 heteroatoms. The third-order valence-corrected chi connectivity index (χ3v) is 4.06. The van der Waals surface area contributed by atoms with Crippen molar-refractivity contribution in [3.05, 3.63) is 21.9 Å². The summed E-state index contributed by atoms with van der Waals surface area (Å²) in [5.41, 5.74) is -0.649. The first-order valence-electron chi connectivity index (χ1n) is 7.51. The van der Waals surface area contributed by atoms with Gasteiger partial charge in [0.15, 0.2) is 0 Å². The van der Waals surface area contributed by atoms with E-state index in [0.29, 0.717) is 0 Å². The number of carbonyl (C=O) groups excluding carboxylic acids is 1. The fraction of sp³-hybridized carbons (Fsp3) is 0.625. The maximum Gasteiger partial charge on any atom is 0.408 e. The molecule has 0 aromatic carbocycles. The fourth-order valence-corrected chi connectivity index (χ4v) is 2.97. The van der Waals surface area contributed by atoms with Gasteiger partial charge in [0.2, 0.25) is 0 Å². The predicted octanol–water partition coefficient (Wildman–Crippen LogP) is 3.61. The molecule has 0 saturated heterocycles. The molecule has 1 atom stereocenters. The van der Waals surface area contributed by atoms with E-state index >= 15 is 0 Å². The molecular formula is C16H25NO4S. The van der Waals surface area contributed by atoms with E-state index in [1.165, 1.54) is 4.88 Å². The van der Waals surface area contributed by atoms with Crippen LogP contribution in [0.3, 0.4) is 0 Å². The van der Waals surface area contributed by atoms with Crippen LogP contribution in [-0.2, 0) is 22.4 Å². The molecule has 1 aromatic heterocycles. The first-order valence-corrected chi connectivity index (χ1v) is 8.33. The van der Waals surface area contributed by atoms with Gasteiger partial charge in [-0.3, -0.25) is 0 Å². The second-order valence-corrected chi connectivity index (χ2v) is 7.47. The summed E-state index contributed by atoms with van der Waals surface area (Å²) in [5, 5.41) is 11.7. The molecule has 1 amide bonds. The zero-order valence-corrected chi connectivity index (χ0v) is 14.5. The van der Waals surface area contributed by atoms with Gasteiger partial charge in [-0.05, 0) is 45.7 Å². The summed E-state index contributed by atoms with van der Waals surface area (Å²) in [6.45, 7) is 7.35. The summed E-state index contributed by atoms with van der Waals surface area (Å²) in [6, 6.07) is 2.98. The first-order chi connectivity index (χ1) is 10.2. The van der Waals surface area contributed by atoms with Gasteiger partial charge in [0.1, 0.15) is 11.6 Å². The minimum absolute atomic E-state index is 0.269. The van der Waals surface area contributed by atoms with Crippen molar-refractivity contribution in [1.29, 1.82) is 0 Å². The molecule has 2 N–H and O–H groups in total. The number of rotatable bonds is 7. The SMILES string of the molecule is CCCCc1ccc(CC(NC(=O)OC(C)(C)C)C(=O)O)s1. The Hall–Kier alpha value is -1.56. The van der Waals surface area contributed by atoms with Gasteiger partial charge in [0.25, 0.3) is 0 Å². The van der Waals surface area contributed by atoms with Gasteiger partial charge in [-0.2, -0.15) is 0 Å². The Bertz CT molecular complexity index is 504. The Morgan fingerprint density at radius 3 is 2.50 bits per heavy atom. The number of nitrogens with one attached hydrogen (secondary N) is 1. The van der Waals surface area contributed by atoms with Gasteiger partial charge in [-0.15, -0.1) is 11.3 Å². The van der Waals surface area contributed by atoms with Crippen LogP contribution < -0.4 is 5.32 Å². The Kier molecular flexibility index (Phi) is 6.87. The molecule has 0 aliphatic rings. The molecule has 0 bridgehead atoms. The number of thiophene rings is 1. The predicted molar refractivity (Wildman–Crippen MR) is 87.4 cm³/mol. The van der Waals surface area contributed by atoms with Crippen LogP contribution in [0.4, 0.5) is 4.79 Å². The largest absolute Gasteiger partial charge is 0.480 e. The number of carboxylic acids is 1. The second kappa shape index (κ2) is 8.17. The Labute approximate surface area is 135 Å². The molecule has 0 spiro atoms. The fourth-order valence-electron chi connectivity index (χ4n) is 1.87. The average molecular weight is 327 g/mol. The van der Waals surface area contributed by atoms with Gasteiger partial charge < -0.3 is 15.2 Å². The molecule has 0 aliphatic carbocycles. The van der Waals surface area contributed by atoms with Crippen molar-refractivity contribution in [3.8, 4) is 0 Å². The number of aliphatic carboxylic acids is 1. The summed E-state index contributed by atoms with van der Waals surface area (Å²) in [6.07, 6.45) is 2.83. The zero-order chi connectivity index (χ0) is 16.8. The van der Waals surface area contributed by atoms with E-state index in [1.54, 1.807) is 32.1 Å². The van der Waals surface area contributed by atoms with E-state index < -0.39 is 23.7 Å². The van der Waals surface area contributed by atoms with Gasteiger partial charge in [-0.1, -0.05) is 13.3 Å². The van der Waals surface area contributed by atoms with Gasteiger partial charge in [0, 0.05) is 16.2 Å². The van der Waals surface area contributed by atoms with E-state index in [9.17, 15) is 14.7 Å². The number of carbonyl (C=O) groups is 2. The van der Waals surface area contributed by atoms with Crippen LogP contribution in [0.2, 0.25) is 0 Å². The van der Waals surface area contributed by atoms with Crippen molar-refractivity contribution in [2.24, 2.45) is 0 Å². The van der Waals surface area contributed by atoms with Crippen LogP contribution in [-0.4, -0.2) is 28.8 Å². The molecule has 22 heavy (non-hydrogen) atoms. The first kappa shape index (κ1) is 18.5. The molecule has 0 radical (unpaired) electrons. The maximum absolute atomic E-state index is 11.7. The molecule has 124 valence electrons. The van der Waals surface area contributed by atoms with Crippen molar-refractivity contribution in [2.75, 3.05) is 0 Å². The lowest BCUT2D eigenvalue weighted by Gasteiger charge is -2.21. The van der Waals surface area contributed by atoms with Crippen LogP contribution in [0, 0.1) is 0 Å². The minimum Gasteiger partial charge on any atom is -0.480 e. The van der Waals surface area contributed by atoms with Crippen LogP contribution >= 0.6 is 11.3 Å². The molecule has 0 aliphatic heterocycles. The number of hydrogen-bond donors (Lipinski definition) is 2. The van der Waals surface area contributed by atoms with Crippen molar-refractivity contribution >= 4 is 23.4 Å². The van der Waals surface area contributed by atoms with Crippen molar-refractivity contribution in [1.82, 2.24) is 5.32 Å². The van der Waals surface area contributed by atoms with E-state index in [0.717, 1.165) is 24.1 Å². The Balaban J connectivity index is 2.62. The summed E-state index contributed by atoms with van der Waals surface area (Å²) in [4.78, 5) is 25.2. The van der Waals surface area contributed by atoms with E-state index in [4.69, 9.17) is 4.74 Å². The highest BCUT2D eigenvalue weighted by molar-refractivity contribution is 7.12. The van der Waals surface area contributed by atoms with Crippen molar-refractivity contribution in [3.63, 3.8) is 0 Å². The van der Waals surface area contributed by atoms with Crippen LogP contribution in [0.5, 0.6) is 0 Å². The second-order valence-electron chi connectivity index (χ2n) is 6.21. The lowest BCUT2D eigenvalue weighted by atomic mass is 10.2. The number of amides is 1. The summed E-state index contributed by atoms with van der Waals surface area (Å²) in [5.74, 6) is -1.06. The number of ether oxygens (including phenoxy) is 1. The third kappa shape index (κ3) is 6.93. The highest BCUT2D eigenvalue weighted by atomic mass is 32.1. The Morgan fingerprint density at radius 2 is 1.95 bits per heavy atom. The summed E-state index contributed by atoms with van der Waals surface area (Å²) >= 11 is 1.60. The highest BCUT2D eigenvalue weighted by Gasteiger charge is 2.24. The standard InChI is InChI=1S/C16H25NO4S/c1-5-6-7-11-8-9-12(22-11)10-13(14(18)19)17-15(20)21-16(2,3)4/h8-9,13H,5-7,10H2,1-4H3,(H,17,20)(H,18,19). The van der Waals surface area contributed by atoms with Crippen LogP contribution in [0.15, 0.2) is 12.1 Å². The molecule has 0 saturated carbocycles. The van der Waals surface area contributed by atoms with Gasteiger partial charge >= 0.3 is 12.1 Å². The number of carboxylic acid groups (broad SMARTS) is 1. The average Bonchev–Trinajstić information content (AvgIpc) is 2.80. The number of alkyl carbamates (subject to hydrolysis) is 1. The summed E-state index contributed by atoms with van der Waals surface area (Å²) < 4.78 is 5.10. The van der Waals surface area contributed by atoms with Gasteiger partial charge in [-0.25, -0.2) is 9.59 Å². The number of hydrogen-bond acceptors (Lipinski definition) is 4. The van der Waals surface area contributed by atoms with Gasteiger partial charge in [0.05, 0.1) is 0 Å². The smallest absolute Gasteiger partial charge is 0.408 e. The van der Waals surface area contributed by atoms with E-state index in [2.05, 4.69) is 12.2 Å². The van der Waals surface area contributed by atoms with E-state index in [1.807, 2.05) is 12.1 Å². The zero-order valence-electron chi connectivity index (χ0n) is 13.6. The van der Waals surface area contributed by atoms with Crippen molar-refractivity contribution < 1.29 is 19.4 Å². The maximum atomic E-state index is 11.7. The summed E-state index contributed by atoms with van der Waals surface area (Å²) in [7, 11) is 0. The minimum atomic E-state index is -1.06. The lowest BCUT2D eigenvalue weighted by molar-refractivity contribution is -0.139. The number of aryl methyl sites for hydroxylation is 1. The molecule has 5 nitrogen and oxygen atoms in total. The molecule has 1 rings (SSSR count). The normalized spacial score (nSPS) is 12.7. The van der Waals surface area contributed by atoms with Crippen LogP contribution in [0.1, 0.15) is 50.3 Å². The van der Waals surface area contributed by atoms with Crippen LogP contribution in [0.25, 0.3) is 0 Å². The molecular weight excluding hydrogens is 302 g/mol. The topological polar surface area (TPSA) is 75.6 Å². The number of unbranched alkanes of at least 4 members (excludes halogenated alkanes) is 1. The quantitative estimate of drug-likeness (QED) is 0.802. The molecule has 1 heterocycles. The third-order valence-electron chi connectivity index (χ3n) is 2.89. The molecule has 1 aromatic rings.